The van der Waals surface area contributed by atoms with Gasteiger partial charge in [-0.25, -0.2) is 0 Å². The molecule has 5 nitrogen and oxygen atoms in total. The minimum Gasteiger partial charge on any atom is -0.481 e. The highest BCUT2D eigenvalue weighted by atomic mass is 16.4. The maximum Gasteiger partial charge on any atom is 0.305 e. The summed E-state index contributed by atoms with van der Waals surface area (Å²) in [6.45, 7) is 4.25. The molecule has 0 aromatic rings. The van der Waals surface area contributed by atoms with E-state index in [4.69, 9.17) is 5.11 Å². The second kappa shape index (κ2) is 8.28. The third-order valence-corrected chi connectivity index (χ3v) is 5.41. The average molecular weight is 338 g/mol. The van der Waals surface area contributed by atoms with Crippen molar-refractivity contribution < 1.29 is 25.2 Å². The fourth-order valence-corrected chi connectivity index (χ4v) is 4.23. The minimum atomic E-state index is -1.06. The van der Waals surface area contributed by atoms with E-state index in [1.165, 1.54) is 5.57 Å². The molecule has 4 N–H and O–H groups in total. The van der Waals surface area contributed by atoms with Crippen LogP contribution in [-0.2, 0) is 4.79 Å². The van der Waals surface area contributed by atoms with Crippen LogP contribution in [0.2, 0.25) is 0 Å². The summed E-state index contributed by atoms with van der Waals surface area (Å²) in [4.78, 5) is 10.6. The zero-order valence-corrected chi connectivity index (χ0v) is 14.5. The Morgan fingerprint density at radius 3 is 2.67 bits per heavy atom. The van der Waals surface area contributed by atoms with E-state index in [1.807, 2.05) is 0 Å². The van der Waals surface area contributed by atoms with Crippen molar-refractivity contribution in [2.75, 3.05) is 0 Å². The molecule has 0 aromatic heterocycles. The van der Waals surface area contributed by atoms with Crippen LogP contribution >= 0.6 is 0 Å². The van der Waals surface area contributed by atoms with E-state index in [-0.39, 0.29) is 30.8 Å². The third kappa shape index (κ3) is 4.91. The van der Waals surface area contributed by atoms with E-state index in [9.17, 15) is 20.1 Å². The number of aliphatic hydroxyl groups is 3. The Kier molecular flexibility index (Phi) is 6.61. The molecule has 0 saturated heterocycles. The lowest BCUT2D eigenvalue weighted by atomic mass is 9.65. The summed E-state index contributed by atoms with van der Waals surface area (Å²) in [6.07, 6.45) is 6.20. The highest BCUT2D eigenvalue weighted by molar-refractivity contribution is 5.67. The van der Waals surface area contributed by atoms with Crippen LogP contribution < -0.4 is 0 Å². The molecule has 0 bridgehead atoms. The lowest BCUT2D eigenvalue weighted by Crippen LogP contribution is -2.38. The minimum absolute atomic E-state index is 0.0796. The van der Waals surface area contributed by atoms with E-state index in [0.29, 0.717) is 18.3 Å². The summed E-state index contributed by atoms with van der Waals surface area (Å²) in [6, 6.07) is 0. The molecule has 24 heavy (non-hydrogen) atoms. The Labute approximate surface area is 143 Å². The zero-order chi connectivity index (χ0) is 17.9. The number of hydrogen-bond acceptors (Lipinski definition) is 4. The van der Waals surface area contributed by atoms with Crippen molar-refractivity contribution in [2.45, 2.75) is 64.3 Å². The van der Waals surface area contributed by atoms with Crippen molar-refractivity contribution in [1.29, 1.82) is 0 Å². The second-order valence-electron chi connectivity index (χ2n) is 7.57. The van der Waals surface area contributed by atoms with Crippen molar-refractivity contribution in [3.05, 3.63) is 23.8 Å². The quantitative estimate of drug-likeness (QED) is 0.570. The van der Waals surface area contributed by atoms with Gasteiger partial charge in [-0.05, 0) is 49.0 Å². The number of rotatable bonds is 7. The van der Waals surface area contributed by atoms with Gasteiger partial charge in [0.25, 0.3) is 0 Å². The summed E-state index contributed by atoms with van der Waals surface area (Å²) in [5.74, 6) is 0.00962. The van der Waals surface area contributed by atoms with Crippen molar-refractivity contribution in [3.63, 3.8) is 0 Å². The Hall–Kier alpha value is -1.17. The number of aliphatic carboxylic acids is 1. The lowest BCUT2D eigenvalue weighted by molar-refractivity contribution is -0.139. The van der Waals surface area contributed by atoms with Crippen LogP contribution in [0.5, 0.6) is 0 Å². The Bertz CT molecular complexity index is 498. The van der Waals surface area contributed by atoms with Gasteiger partial charge in [-0.1, -0.05) is 32.1 Å². The molecule has 2 aliphatic carbocycles. The molecule has 136 valence electrons. The van der Waals surface area contributed by atoms with Crippen molar-refractivity contribution in [1.82, 2.24) is 0 Å². The number of carbonyl (C=O) groups is 1. The zero-order valence-electron chi connectivity index (χ0n) is 14.5. The predicted octanol–water partition coefficient (Wildman–Crippen LogP) is 2.12. The van der Waals surface area contributed by atoms with Gasteiger partial charge in [0.2, 0.25) is 0 Å². The molecule has 0 heterocycles. The summed E-state index contributed by atoms with van der Waals surface area (Å²) in [7, 11) is 0. The van der Waals surface area contributed by atoms with Crippen LogP contribution in [-0.4, -0.2) is 44.7 Å². The molecule has 5 heteroatoms. The molecular weight excluding hydrogens is 308 g/mol. The van der Waals surface area contributed by atoms with Gasteiger partial charge >= 0.3 is 5.97 Å². The van der Waals surface area contributed by atoms with Crippen LogP contribution in [0.3, 0.4) is 0 Å². The molecule has 0 aromatic carbocycles. The predicted molar refractivity (Wildman–Crippen MR) is 91.3 cm³/mol. The van der Waals surface area contributed by atoms with Gasteiger partial charge in [0.05, 0.1) is 24.7 Å². The van der Waals surface area contributed by atoms with Crippen LogP contribution in [0.15, 0.2) is 23.8 Å². The molecule has 0 spiro atoms. The van der Waals surface area contributed by atoms with E-state index in [0.717, 1.165) is 12.8 Å². The lowest BCUT2D eigenvalue weighted by Gasteiger charge is -2.41. The third-order valence-electron chi connectivity index (χ3n) is 5.41. The molecular formula is C19H30O5. The van der Waals surface area contributed by atoms with E-state index >= 15 is 0 Å². The number of carboxylic acid groups (broad SMARTS) is 1. The SMILES string of the molecule is C[C@H]1C=C2C=C[C@H](C)[C@H](CC[C@H](O)C[C@@H](O)CC(=O)O)C2[C@@H](O)C1. The maximum absolute atomic E-state index is 10.6. The largest absolute Gasteiger partial charge is 0.481 e. The van der Waals surface area contributed by atoms with Crippen molar-refractivity contribution in [3.8, 4) is 0 Å². The monoisotopic (exact) mass is 338 g/mol. The Morgan fingerprint density at radius 2 is 2.00 bits per heavy atom. The highest BCUT2D eigenvalue weighted by Crippen LogP contribution is 2.43. The van der Waals surface area contributed by atoms with Gasteiger partial charge in [-0.2, -0.15) is 0 Å². The van der Waals surface area contributed by atoms with Crippen LogP contribution in [0, 0.1) is 23.7 Å². The maximum atomic E-state index is 10.6. The van der Waals surface area contributed by atoms with Gasteiger partial charge in [-0.3, -0.25) is 4.79 Å². The summed E-state index contributed by atoms with van der Waals surface area (Å²) in [5, 5.41) is 38.9. The fraction of sp³-hybridized carbons (Fsp3) is 0.737. The smallest absolute Gasteiger partial charge is 0.305 e. The molecule has 0 radical (unpaired) electrons. The van der Waals surface area contributed by atoms with E-state index in [1.54, 1.807) is 0 Å². The average Bonchev–Trinajstić information content (AvgIpc) is 2.45. The van der Waals surface area contributed by atoms with E-state index in [2.05, 4.69) is 32.1 Å². The molecule has 0 fully saturated rings. The Morgan fingerprint density at radius 1 is 1.29 bits per heavy atom. The highest BCUT2D eigenvalue weighted by Gasteiger charge is 2.38. The first-order chi connectivity index (χ1) is 11.3. The summed E-state index contributed by atoms with van der Waals surface area (Å²) in [5.41, 5.74) is 1.20. The first-order valence-corrected chi connectivity index (χ1v) is 8.93. The standard InChI is InChI=1S/C19H30O5/c1-11-7-13-4-3-12(2)16(19(13)17(22)8-11)6-5-14(20)9-15(21)10-18(23)24/h3-4,7,11-12,14-17,19-22H,5-6,8-10H2,1-2H3,(H,23,24)/t11-,12-,14-,15+,16-,17-,19?/m0/s1. The summed E-state index contributed by atoms with van der Waals surface area (Å²) < 4.78 is 0. The van der Waals surface area contributed by atoms with E-state index < -0.39 is 18.2 Å². The molecule has 7 atom stereocenters. The van der Waals surface area contributed by atoms with Gasteiger partial charge in [0.1, 0.15) is 0 Å². The van der Waals surface area contributed by atoms with Crippen LogP contribution in [0.1, 0.15) is 46.0 Å². The van der Waals surface area contributed by atoms with Gasteiger partial charge in [0, 0.05) is 5.92 Å². The van der Waals surface area contributed by atoms with Crippen LogP contribution in [0.25, 0.3) is 0 Å². The van der Waals surface area contributed by atoms with Crippen LogP contribution in [0.4, 0.5) is 0 Å². The molecule has 0 amide bonds. The molecule has 2 aliphatic rings. The number of allylic oxidation sites excluding steroid dienone is 3. The molecule has 0 aliphatic heterocycles. The first-order valence-electron chi connectivity index (χ1n) is 8.93. The number of carboxylic acids is 1. The normalized spacial score (nSPS) is 35.0. The van der Waals surface area contributed by atoms with Crippen molar-refractivity contribution in [2.24, 2.45) is 23.7 Å². The number of hydrogen-bond donors (Lipinski definition) is 4. The number of fused-ring (bicyclic) bond motifs is 1. The molecule has 1 unspecified atom stereocenters. The topological polar surface area (TPSA) is 98.0 Å². The number of aliphatic hydroxyl groups excluding tert-OH is 3. The fourth-order valence-electron chi connectivity index (χ4n) is 4.23. The first kappa shape index (κ1) is 19.2. The summed E-state index contributed by atoms with van der Waals surface area (Å²) >= 11 is 0. The van der Waals surface area contributed by atoms with Gasteiger partial charge in [0.15, 0.2) is 0 Å². The van der Waals surface area contributed by atoms with Gasteiger partial charge in [-0.15, -0.1) is 0 Å². The molecule has 2 rings (SSSR count). The Balaban J connectivity index is 1.94. The van der Waals surface area contributed by atoms with Crippen molar-refractivity contribution >= 4 is 5.97 Å². The second-order valence-corrected chi connectivity index (χ2v) is 7.57. The van der Waals surface area contributed by atoms with Gasteiger partial charge < -0.3 is 20.4 Å². The molecule has 0 saturated carbocycles.